The fraction of sp³-hybridized carbons (Fsp3) is 0.463. The monoisotopic (exact) mass is 1680 g/mol. The van der Waals surface area contributed by atoms with Crippen molar-refractivity contribution < 1.29 is 106 Å². The summed E-state index contributed by atoms with van der Waals surface area (Å²) in [7, 11) is 0. The molecule has 17 rings (SSSR count). The molecule has 6 aromatic heterocycles. The van der Waals surface area contributed by atoms with Gasteiger partial charge in [-0.1, -0.05) is 129 Å². The molecule has 9 aliphatic heterocycles. The van der Waals surface area contributed by atoms with Crippen molar-refractivity contribution in [3.8, 4) is 0 Å². The Morgan fingerprint density at radius 1 is 0.431 bits per heavy atom. The van der Waals surface area contributed by atoms with Crippen molar-refractivity contribution in [2.75, 3.05) is 78.5 Å². The number of alkyl halides is 6. The lowest BCUT2D eigenvalue weighted by Gasteiger charge is -2.53. The van der Waals surface area contributed by atoms with E-state index in [9.17, 15) is 56.0 Å². The van der Waals surface area contributed by atoms with Crippen LogP contribution >= 0.6 is 68.0 Å². The maximum absolute atomic E-state index is 13.6. The van der Waals surface area contributed by atoms with Gasteiger partial charge in [0.15, 0.2) is 0 Å². The first-order valence-corrected chi connectivity index (χ1v) is 42.1. The van der Waals surface area contributed by atoms with Crippen molar-refractivity contribution in [2.45, 2.75) is 138 Å². The number of halogens is 7. The highest BCUT2D eigenvalue weighted by molar-refractivity contribution is 7.13. The van der Waals surface area contributed by atoms with Crippen LogP contribution in [0.15, 0.2) is 172 Å². The minimum absolute atomic E-state index is 0. The molecule has 6 N–H and O–H groups in total. The Hall–Kier alpha value is -6.45. The van der Waals surface area contributed by atoms with Crippen molar-refractivity contribution in [1.29, 1.82) is 0 Å². The summed E-state index contributed by atoms with van der Waals surface area (Å²) < 4.78 is 66.4. The van der Waals surface area contributed by atoms with Gasteiger partial charge < -0.3 is 81.5 Å². The molecular weight excluding hydrogens is 1590 g/mol. The summed E-state index contributed by atoms with van der Waals surface area (Å²) in [5.74, 6) is -5.28. The Bertz CT molecular complexity index is 3970. The normalized spacial score (nSPS) is 23.4. The summed E-state index contributed by atoms with van der Waals surface area (Å²) in [6.07, 6.45) is 9.91. The van der Waals surface area contributed by atoms with Crippen LogP contribution in [0.2, 0.25) is 0 Å². The Morgan fingerprint density at radius 3 is 1.03 bits per heavy atom. The first kappa shape index (κ1) is 86.5. The summed E-state index contributed by atoms with van der Waals surface area (Å²) in [5.41, 5.74) is -2.18. The molecule has 8 aromatic rings. The number of benzene rings is 2. The number of aryl methyl sites for hydroxylation is 1. The summed E-state index contributed by atoms with van der Waals surface area (Å²) >= 11 is 8.60. The maximum Gasteiger partial charge on any atom is 0.430 e. The second-order valence-electron chi connectivity index (χ2n) is 29.2. The fourth-order valence-corrected chi connectivity index (χ4v) is 21.5. The minimum Gasteiger partial charge on any atom is -1.00 e. The lowest BCUT2D eigenvalue weighted by molar-refractivity contribution is -0.944. The van der Waals surface area contributed by atoms with Crippen LogP contribution in [-0.4, -0.2) is 167 Å². The van der Waals surface area contributed by atoms with Crippen LogP contribution < -0.4 is 43.1 Å². The van der Waals surface area contributed by atoms with E-state index in [0.29, 0.717) is 47.0 Å². The quantitative estimate of drug-likeness (QED) is 0.0181. The molecule has 15 heterocycles. The number of quaternary nitrogens is 3. The van der Waals surface area contributed by atoms with E-state index in [1.54, 1.807) is 0 Å². The minimum atomic E-state index is -5.19. The molecule has 29 heteroatoms. The van der Waals surface area contributed by atoms with Gasteiger partial charge in [-0.25, -0.2) is 0 Å². The number of aliphatic carboxylic acids is 2. The highest BCUT2D eigenvalue weighted by Gasteiger charge is 2.53. The number of piperidine rings is 9. The van der Waals surface area contributed by atoms with Gasteiger partial charge in [-0.05, 0) is 123 Å². The van der Waals surface area contributed by atoms with E-state index in [0.717, 1.165) is 91.4 Å². The molecule has 0 unspecified atom stereocenters. The Morgan fingerprint density at radius 2 is 0.725 bits per heavy atom. The number of unbranched alkanes of at least 4 members (excludes halogenated alkanes) is 4. The fourth-order valence-electron chi connectivity index (χ4n) is 16.3. The van der Waals surface area contributed by atoms with Crippen LogP contribution in [-0.2, 0) is 47.2 Å². The molecule has 16 nitrogen and oxygen atoms in total. The second-order valence-corrected chi connectivity index (χ2v) is 34.9. The largest absolute Gasteiger partial charge is 1.00 e. The first-order valence-electron chi connectivity index (χ1n) is 36.9. The number of carboxylic acids is 2. The standard InChI is InChI=1S/C26H30N2O2S2.C26H28N2O2S2.C24H34N2O2S2.2C2HF3O2.BrH/c2*29-25(26(30,23-10-5-17-31-23)24-11-6-18-32-24)27-22-19-28(15-12-21(22)13-16-28)14-4-9-20-7-2-1-3-8-20;1-2-3-4-5-6-13-26-14-11-19(12-15-26)20(18-26)25-23(27)24(28,21-9-7-16-29-21)22-10-8-17-30-22;2*3-2(4,5)1(6)7;/h1-3,5-8,10-11,17-18,21-22,30H,4,9,12-16,19H2;1-11,17-18,21-22,30H,12-16,19H2;7-10,16-17,19-20,28H,2-6,11-15,18H2,1H3;2*(H,6,7);1H/b;9-4+;;;;/t2*21?,22-,28?;19?,20-,26?;;;/m000.../s1. The molecule has 109 heavy (non-hydrogen) atoms. The van der Waals surface area contributed by atoms with Gasteiger partial charge in [0.05, 0.1) is 126 Å². The number of thiophene rings is 6. The van der Waals surface area contributed by atoms with Crippen molar-refractivity contribution in [2.24, 2.45) is 17.8 Å². The number of hydrogen-bond acceptors (Lipinski definition) is 16. The maximum atomic E-state index is 13.6. The molecule has 6 bridgehead atoms. The van der Waals surface area contributed by atoms with E-state index in [-0.39, 0.29) is 52.8 Å². The SMILES string of the molecule is CCCCCCC[N+]12CCC(CC1)[C@@H](NC(=O)C(O)(c1cccs1)c1cccs1)C2.O=C(N[C@H]1C[N+]2(C/C=C/c3ccccc3)CCC1CC2)C(O)(c1cccs1)c1cccs1.O=C(N[C@H]1C[N+]2(CCCc3ccccc3)CCC1CC2)C(O)(c1cccs1)c1cccs1.O=C([O-])C(F)(F)F.O=C([O-])C(F)(F)F.[Br-]. The van der Waals surface area contributed by atoms with Crippen LogP contribution in [0.25, 0.3) is 6.08 Å². The molecule has 0 aliphatic carbocycles. The van der Waals surface area contributed by atoms with E-state index in [2.05, 4.69) is 89.6 Å². The Balaban J connectivity index is 0.000000172. The highest BCUT2D eigenvalue weighted by atomic mass is 79.9. The zero-order valence-corrected chi connectivity index (χ0v) is 67.1. The summed E-state index contributed by atoms with van der Waals surface area (Å²) in [6.45, 7) is 15.8. The predicted octanol–water partition coefficient (Wildman–Crippen LogP) is 9.23. The Labute approximate surface area is 667 Å². The number of carbonyl (C=O) groups is 5. The third-order valence-electron chi connectivity index (χ3n) is 22.2. The van der Waals surface area contributed by atoms with Crippen molar-refractivity contribution in [3.05, 3.63) is 212 Å². The molecular formula is C80H95BrF6N6O10S6. The second kappa shape index (κ2) is 38.9. The number of nitrogens with zero attached hydrogens (tertiary/aromatic N) is 3. The molecule has 590 valence electrons. The van der Waals surface area contributed by atoms with E-state index in [4.69, 9.17) is 19.8 Å². The van der Waals surface area contributed by atoms with Gasteiger partial charge >= 0.3 is 12.4 Å². The molecule has 0 radical (unpaired) electrons. The number of amides is 3. The van der Waals surface area contributed by atoms with Crippen molar-refractivity contribution in [1.82, 2.24) is 16.0 Å². The van der Waals surface area contributed by atoms with Crippen LogP contribution in [0.5, 0.6) is 0 Å². The van der Waals surface area contributed by atoms with Crippen LogP contribution in [0.3, 0.4) is 0 Å². The van der Waals surface area contributed by atoms with Gasteiger partial charge in [0.25, 0.3) is 17.7 Å². The average molecular weight is 1690 g/mol. The van der Waals surface area contributed by atoms with E-state index in [1.807, 2.05) is 111 Å². The Kier molecular flexibility index (Phi) is 30.8. The molecule has 3 amide bonds. The summed E-state index contributed by atoms with van der Waals surface area (Å²) in [4.78, 5) is 62.3. The third-order valence-corrected chi connectivity index (χ3v) is 28.1. The number of carbonyl (C=O) groups excluding carboxylic acids is 5. The zero-order valence-electron chi connectivity index (χ0n) is 60.6. The first-order chi connectivity index (χ1) is 51.6. The molecule has 2 aromatic carbocycles. The number of carboxylic acid groups (broad SMARTS) is 2. The molecule has 9 fully saturated rings. The number of rotatable bonds is 25. The van der Waals surface area contributed by atoms with Gasteiger partial charge in [0.1, 0.15) is 11.9 Å². The van der Waals surface area contributed by atoms with Gasteiger partial charge in [-0.3, -0.25) is 14.4 Å². The van der Waals surface area contributed by atoms with Crippen LogP contribution in [0.1, 0.15) is 124 Å². The number of hydrogen-bond donors (Lipinski definition) is 6. The summed E-state index contributed by atoms with van der Waals surface area (Å²) in [5, 5.41) is 73.8. The zero-order chi connectivity index (χ0) is 77.2. The van der Waals surface area contributed by atoms with Crippen LogP contribution in [0.4, 0.5) is 26.3 Å². The molecule has 9 aliphatic rings. The number of fused-ring (bicyclic) bond motifs is 9. The number of nitrogens with one attached hydrogen (secondary N) is 3. The molecule has 3 atom stereocenters. The smallest absolute Gasteiger partial charge is 0.430 e. The number of aliphatic hydroxyl groups is 3. The van der Waals surface area contributed by atoms with E-state index < -0.39 is 41.1 Å². The van der Waals surface area contributed by atoms with Gasteiger partial charge in [-0.15, -0.1) is 68.0 Å². The van der Waals surface area contributed by atoms with E-state index >= 15 is 0 Å². The predicted molar refractivity (Wildman–Crippen MR) is 409 cm³/mol. The van der Waals surface area contributed by atoms with Gasteiger partial charge in [0.2, 0.25) is 16.8 Å². The van der Waals surface area contributed by atoms with Gasteiger partial charge in [-0.2, -0.15) is 26.3 Å². The van der Waals surface area contributed by atoms with Gasteiger partial charge in [0, 0.05) is 44.9 Å². The molecule has 9 saturated heterocycles. The molecule has 0 spiro atoms. The molecule has 0 saturated carbocycles. The van der Waals surface area contributed by atoms with Crippen molar-refractivity contribution in [3.63, 3.8) is 0 Å². The average Bonchev–Trinajstić information content (AvgIpc) is 1.69. The summed E-state index contributed by atoms with van der Waals surface area (Å²) in [6, 6.07) is 44.0. The van der Waals surface area contributed by atoms with Crippen molar-refractivity contribution >= 4 is 104 Å². The lowest BCUT2D eigenvalue weighted by Crippen LogP contribution is -3.00. The van der Waals surface area contributed by atoms with Crippen LogP contribution in [0, 0.1) is 17.8 Å². The lowest BCUT2D eigenvalue weighted by atomic mass is 9.81. The highest BCUT2D eigenvalue weighted by Crippen LogP contribution is 2.43. The third kappa shape index (κ3) is 21.9. The van der Waals surface area contributed by atoms with E-state index in [1.165, 1.54) is 163 Å². The topological polar surface area (TPSA) is 228 Å².